The van der Waals surface area contributed by atoms with E-state index in [-0.39, 0.29) is 10.7 Å². The number of ether oxygens (including phenoxy) is 2. The van der Waals surface area contributed by atoms with Gasteiger partial charge in [0.25, 0.3) is 11.8 Å². The summed E-state index contributed by atoms with van der Waals surface area (Å²) in [6.45, 7) is 3.91. The van der Waals surface area contributed by atoms with Gasteiger partial charge in [-0.2, -0.15) is 0 Å². The fourth-order valence-electron chi connectivity index (χ4n) is 1.88. The molecule has 120 valence electrons. The third-order valence-electron chi connectivity index (χ3n) is 2.85. The number of carbonyl (C=O) groups is 2. The lowest BCUT2D eigenvalue weighted by Gasteiger charge is -2.17. The molecule has 1 saturated heterocycles. The first-order valence-electron chi connectivity index (χ1n) is 6.46. The Labute approximate surface area is 146 Å². The zero-order chi connectivity index (χ0) is 17.0. The van der Waals surface area contributed by atoms with Crippen molar-refractivity contribution in [1.29, 1.82) is 0 Å². The van der Waals surface area contributed by atoms with Crippen LogP contribution >= 0.6 is 28.1 Å². The van der Waals surface area contributed by atoms with Crippen LogP contribution in [0.2, 0.25) is 0 Å². The Bertz CT molecular complexity index is 708. The fourth-order valence-corrected chi connectivity index (χ4v) is 2.64. The van der Waals surface area contributed by atoms with Crippen LogP contribution in [0.15, 0.2) is 34.8 Å². The number of nitrogens with one attached hydrogen (secondary N) is 2. The molecule has 2 N–H and O–H groups in total. The number of benzene rings is 1. The van der Waals surface area contributed by atoms with Crippen LogP contribution < -0.4 is 20.1 Å². The molecule has 1 aliphatic rings. The highest BCUT2D eigenvalue weighted by Crippen LogP contribution is 2.37. The van der Waals surface area contributed by atoms with E-state index < -0.39 is 11.8 Å². The molecule has 2 amide bonds. The van der Waals surface area contributed by atoms with Gasteiger partial charge in [-0.15, -0.1) is 0 Å². The minimum Gasteiger partial charge on any atom is -0.493 e. The van der Waals surface area contributed by atoms with Crippen molar-refractivity contribution >= 4 is 51.2 Å². The van der Waals surface area contributed by atoms with Crippen LogP contribution in [0.25, 0.3) is 6.08 Å². The molecule has 0 unspecified atom stereocenters. The molecule has 0 aliphatic carbocycles. The fraction of sp³-hybridized carbons (Fsp3) is 0.133. The van der Waals surface area contributed by atoms with E-state index in [0.29, 0.717) is 28.1 Å². The van der Waals surface area contributed by atoms with E-state index in [0.717, 1.165) is 0 Å². The second-order valence-electron chi connectivity index (χ2n) is 4.43. The number of thiocarbonyl (C=S) groups is 1. The summed E-state index contributed by atoms with van der Waals surface area (Å²) >= 11 is 8.14. The maximum atomic E-state index is 11.9. The van der Waals surface area contributed by atoms with Crippen LogP contribution in [-0.2, 0) is 9.59 Å². The van der Waals surface area contributed by atoms with E-state index >= 15 is 0 Å². The number of amides is 2. The number of halogens is 1. The van der Waals surface area contributed by atoms with Gasteiger partial charge in [0, 0.05) is 0 Å². The number of methoxy groups -OCH3 is 1. The number of carbonyl (C=O) groups excluding carboxylic acids is 2. The van der Waals surface area contributed by atoms with Gasteiger partial charge in [0.2, 0.25) is 0 Å². The summed E-state index contributed by atoms with van der Waals surface area (Å²) in [5, 5.41) is 4.74. The average Bonchev–Trinajstić information content (AvgIpc) is 2.49. The van der Waals surface area contributed by atoms with Gasteiger partial charge in [0.15, 0.2) is 16.6 Å². The van der Waals surface area contributed by atoms with Crippen molar-refractivity contribution in [3.8, 4) is 11.5 Å². The predicted octanol–water partition coefficient (Wildman–Crippen LogP) is 1.94. The van der Waals surface area contributed by atoms with Crippen molar-refractivity contribution in [3.05, 3.63) is 40.4 Å². The maximum Gasteiger partial charge on any atom is 0.263 e. The lowest BCUT2D eigenvalue weighted by molar-refractivity contribution is -0.123. The average molecular weight is 397 g/mol. The summed E-state index contributed by atoms with van der Waals surface area (Å²) in [4.78, 5) is 23.7. The first-order valence-corrected chi connectivity index (χ1v) is 7.66. The van der Waals surface area contributed by atoms with Gasteiger partial charge in [-0.3, -0.25) is 20.2 Å². The van der Waals surface area contributed by atoms with E-state index in [1.54, 1.807) is 18.2 Å². The molecular formula is C15H13BrN2O4S. The zero-order valence-electron chi connectivity index (χ0n) is 12.1. The summed E-state index contributed by atoms with van der Waals surface area (Å²) in [6.07, 6.45) is 3.05. The topological polar surface area (TPSA) is 76.7 Å². The quantitative estimate of drug-likeness (QED) is 0.344. The van der Waals surface area contributed by atoms with Crippen LogP contribution in [0.5, 0.6) is 11.5 Å². The number of rotatable bonds is 5. The number of hydrogen-bond acceptors (Lipinski definition) is 5. The Morgan fingerprint density at radius 2 is 1.96 bits per heavy atom. The SMILES string of the molecule is C=CCOc1c(Br)cc(C=C2C(=O)NC(=S)NC2=O)cc1OC. The van der Waals surface area contributed by atoms with Crippen molar-refractivity contribution in [3.63, 3.8) is 0 Å². The maximum absolute atomic E-state index is 11.9. The van der Waals surface area contributed by atoms with Crippen LogP contribution in [0.4, 0.5) is 0 Å². The summed E-state index contributed by atoms with van der Waals surface area (Å²) in [7, 11) is 1.50. The Morgan fingerprint density at radius 3 is 2.52 bits per heavy atom. The van der Waals surface area contributed by atoms with Crippen molar-refractivity contribution in [2.45, 2.75) is 0 Å². The second-order valence-corrected chi connectivity index (χ2v) is 5.69. The lowest BCUT2D eigenvalue weighted by atomic mass is 10.1. The molecule has 2 rings (SSSR count). The molecule has 1 fully saturated rings. The Hall–Kier alpha value is -2.19. The standard InChI is InChI=1S/C15H13BrN2O4S/c1-3-4-22-12-10(16)6-8(7-11(12)21-2)5-9-13(19)17-15(23)18-14(9)20/h3,5-7H,1,4H2,2H3,(H2,17,18,19,20,23). The zero-order valence-corrected chi connectivity index (χ0v) is 14.5. The highest BCUT2D eigenvalue weighted by Gasteiger charge is 2.26. The van der Waals surface area contributed by atoms with Crippen LogP contribution in [0.1, 0.15) is 5.56 Å². The molecule has 23 heavy (non-hydrogen) atoms. The normalized spacial score (nSPS) is 14.0. The van der Waals surface area contributed by atoms with E-state index in [1.165, 1.54) is 13.2 Å². The molecule has 1 aromatic rings. The van der Waals surface area contributed by atoms with E-state index in [4.69, 9.17) is 21.7 Å². The molecule has 0 atom stereocenters. The molecule has 6 nitrogen and oxygen atoms in total. The van der Waals surface area contributed by atoms with Gasteiger partial charge in [-0.25, -0.2) is 0 Å². The summed E-state index contributed by atoms with van der Waals surface area (Å²) in [5.74, 6) is -0.143. The van der Waals surface area contributed by atoms with Gasteiger partial charge < -0.3 is 9.47 Å². The third kappa shape index (κ3) is 3.96. The summed E-state index contributed by atoms with van der Waals surface area (Å²) in [5.41, 5.74) is 0.542. The lowest BCUT2D eigenvalue weighted by Crippen LogP contribution is -2.51. The van der Waals surface area contributed by atoms with Crippen molar-refractivity contribution < 1.29 is 19.1 Å². The molecular weight excluding hydrogens is 384 g/mol. The molecule has 0 radical (unpaired) electrons. The van der Waals surface area contributed by atoms with E-state index in [2.05, 4.69) is 33.1 Å². The van der Waals surface area contributed by atoms with Gasteiger partial charge in [0.1, 0.15) is 12.2 Å². The van der Waals surface area contributed by atoms with Gasteiger partial charge in [0.05, 0.1) is 11.6 Å². The molecule has 1 aromatic carbocycles. The largest absolute Gasteiger partial charge is 0.493 e. The summed E-state index contributed by atoms with van der Waals surface area (Å²) in [6, 6.07) is 3.37. The van der Waals surface area contributed by atoms with Crippen molar-refractivity contribution in [2.24, 2.45) is 0 Å². The minimum absolute atomic E-state index is 0.0101. The van der Waals surface area contributed by atoms with Crippen LogP contribution in [0, 0.1) is 0 Å². The third-order valence-corrected chi connectivity index (χ3v) is 3.64. The van der Waals surface area contributed by atoms with Gasteiger partial charge in [-0.05, 0) is 51.9 Å². The first-order chi connectivity index (χ1) is 11.0. The Morgan fingerprint density at radius 1 is 1.30 bits per heavy atom. The van der Waals surface area contributed by atoms with Crippen molar-refractivity contribution in [1.82, 2.24) is 10.6 Å². The van der Waals surface area contributed by atoms with Crippen LogP contribution in [-0.4, -0.2) is 30.6 Å². The Kier molecular flexibility index (Phi) is 5.51. The smallest absolute Gasteiger partial charge is 0.263 e. The van der Waals surface area contributed by atoms with Gasteiger partial charge in [-0.1, -0.05) is 12.7 Å². The van der Waals surface area contributed by atoms with Gasteiger partial charge >= 0.3 is 0 Å². The molecule has 0 saturated carbocycles. The molecule has 8 heteroatoms. The van der Waals surface area contributed by atoms with Crippen LogP contribution in [0.3, 0.4) is 0 Å². The highest BCUT2D eigenvalue weighted by molar-refractivity contribution is 9.10. The predicted molar refractivity (Wildman–Crippen MR) is 93.2 cm³/mol. The molecule has 1 heterocycles. The summed E-state index contributed by atoms with van der Waals surface area (Å²) < 4.78 is 11.4. The molecule has 0 aromatic heterocycles. The molecule has 0 bridgehead atoms. The van der Waals surface area contributed by atoms with E-state index in [9.17, 15) is 9.59 Å². The first kappa shape index (κ1) is 17.2. The number of hydrogen-bond donors (Lipinski definition) is 2. The monoisotopic (exact) mass is 396 g/mol. The highest BCUT2D eigenvalue weighted by atomic mass is 79.9. The molecule has 1 aliphatic heterocycles. The second kappa shape index (κ2) is 7.38. The van der Waals surface area contributed by atoms with Crippen molar-refractivity contribution in [2.75, 3.05) is 13.7 Å². The molecule has 0 spiro atoms. The van der Waals surface area contributed by atoms with E-state index in [1.807, 2.05) is 0 Å². The Balaban J connectivity index is 2.40. The minimum atomic E-state index is -0.555.